The molecule has 1 fully saturated rings. The number of aromatic amines is 1. The van der Waals surface area contributed by atoms with Gasteiger partial charge in [-0.2, -0.15) is 0 Å². The first-order valence-electron chi connectivity index (χ1n) is 6.40. The molecule has 18 heavy (non-hydrogen) atoms. The molecule has 98 valence electrons. The third kappa shape index (κ3) is 2.79. The van der Waals surface area contributed by atoms with Gasteiger partial charge in [-0.1, -0.05) is 12.8 Å². The smallest absolute Gasteiger partial charge is 0.256 e. The second-order valence-corrected chi connectivity index (χ2v) is 4.78. The van der Waals surface area contributed by atoms with Crippen LogP contribution in [0.15, 0.2) is 23.3 Å². The molecule has 0 spiro atoms. The zero-order valence-corrected chi connectivity index (χ0v) is 10.3. The van der Waals surface area contributed by atoms with Crippen molar-refractivity contribution in [3.8, 4) is 0 Å². The number of pyridine rings is 1. The molecule has 5 heteroatoms. The standard InChI is InChI=1S/C13H19N3O2/c14-7-9-3-1-2-4-11(9)16-13(18)10-8-15-6-5-12(10)17/h5-6,8-9,11H,1-4,7,14H2,(H,15,17)(H,16,18). The van der Waals surface area contributed by atoms with Gasteiger partial charge in [-0.3, -0.25) is 9.59 Å². The number of aromatic nitrogens is 1. The molecule has 1 heterocycles. The first-order valence-corrected chi connectivity index (χ1v) is 6.40. The van der Waals surface area contributed by atoms with E-state index in [0.717, 1.165) is 19.3 Å². The molecule has 0 aliphatic heterocycles. The molecule has 5 nitrogen and oxygen atoms in total. The lowest BCUT2D eigenvalue weighted by Crippen LogP contribution is -2.45. The van der Waals surface area contributed by atoms with Crippen LogP contribution in [0, 0.1) is 5.92 Å². The van der Waals surface area contributed by atoms with Crippen molar-refractivity contribution in [3.63, 3.8) is 0 Å². The van der Waals surface area contributed by atoms with Crippen molar-refractivity contribution in [1.82, 2.24) is 10.3 Å². The molecule has 2 rings (SSSR count). The summed E-state index contributed by atoms with van der Waals surface area (Å²) < 4.78 is 0. The van der Waals surface area contributed by atoms with Crippen molar-refractivity contribution in [2.75, 3.05) is 6.54 Å². The number of rotatable bonds is 3. The maximum Gasteiger partial charge on any atom is 0.256 e. The molecule has 0 radical (unpaired) electrons. The second-order valence-electron chi connectivity index (χ2n) is 4.78. The number of hydrogen-bond donors (Lipinski definition) is 3. The predicted molar refractivity (Wildman–Crippen MR) is 69.3 cm³/mol. The first-order chi connectivity index (χ1) is 8.72. The fourth-order valence-electron chi connectivity index (χ4n) is 2.52. The number of carbonyl (C=O) groups is 1. The Bertz CT molecular complexity index is 469. The number of H-pyrrole nitrogens is 1. The molecule has 0 saturated heterocycles. The minimum Gasteiger partial charge on any atom is -0.367 e. The van der Waals surface area contributed by atoms with Gasteiger partial charge in [0.1, 0.15) is 5.56 Å². The van der Waals surface area contributed by atoms with Crippen LogP contribution in [0.25, 0.3) is 0 Å². The normalized spacial score (nSPS) is 23.6. The van der Waals surface area contributed by atoms with E-state index in [0.29, 0.717) is 12.5 Å². The quantitative estimate of drug-likeness (QED) is 0.734. The van der Waals surface area contributed by atoms with E-state index in [9.17, 15) is 9.59 Å². The fraction of sp³-hybridized carbons (Fsp3) is 0.538. The van der Waals surface area contributed by atoms with E-state index in [2.05, 4.69) is 10.3 Å². The van der Waals surface area contributed by atoms with Crippen molar-refractivity contribution in [3.05, 3.63) is 34.2 Å². The third-order valence-corrected chi connectivity index (χ3v) is 3.60. The highest BCUT2D eigenvalue weighted by molar-refractivity contribution is 5.93. The maximum atomic E-state index is 12.0. The van der Waals surface area contributed by atoms with Gasteiger partial charge in [0, 0.05) is 24.5 Å². The molecule has 4 N–H and O–H groups in total. The molecule has 2 unspecified atom stereocenters. The van der Waals surface area contributed by atoms with Crippen molar-refractivity contribution >= 4 is 5.91 Å². The lowest BCUT2D eigenvalue weighted by molar-refractivity contribution is 0.0906. The van der Waals surface area contributed by atoms with Crippen LogP contribution in [0.3, 0.4) is 0 Å². The first kappa shape index (κ1) is 12.8. The molecule has 1 saturated carbocycles. The minimum atomic E-state index is -0.304. The summed E-state index contributed by atoms with van der Waals surface area (Å²) in [4.78, 5) is 26.3. The van der Waals surface area contributed by atoms with Crippen molar-refractivity contribution in [2.45, 2.75) is 31.7 Å². The molecule has 2 atom stereocenters. The van der Waals surface area contributed by atoms with Gasteiger partial charge in [0.25, 0.3) is 5.91 Å². The summed E-state index contributed by atoms with van der Waals surface area (Å²) in [7, 11) is 0. The molecule has 1 amide bonds. The van der Waals surface area contributed by atoms with E-state index in [1.807, 2.05) is 0 Å². The van der Waals surface area contributed by atoms with Crippen molar-refractivity contribution < 1.29 is 4.79 Å². The SMILES string of the molecule is NCC1CCCCC1NC(=O)c1c[nH]ccc1=O. The van der Waals surface area contributed by atoms with E-state index in [4.69, 9.17) is 5.73 Å². The molecule has 1 aromatic rings. The summed E-state index contributed by atoms with van der Waals surface area (Å²) in [5.41, 5.74) is 5.63. The molecular formula is C13H19N3O2. The highest BCUT2D eigenvalue weighted by atomic mass is 16.2. The van der Waals surface area contributed by atoms with Gasteiger partial charge in [-0.25, -0.2) is 0 Å². The molecule has 0 aromatic carbocycles. The fourth-order valence-corrected chi connectivity index (χ4v) is 2.52. The molecule has 1 aliphatic carbocycles. The lowest BCUT2D eigenvalue weighted by atomic mass is 9.84. The predicted octanol–water partition coefficient (Wildman–Crippen LogP) is 0.622. The summed E-state index contributed by atoms with van der Waals surface area (Å²) in [6.45, 7) is 0.579. The minimum absolute atomic E-state index is 0.0934. The Balaban J connectivity index is 2.07. The highest BCUT2D eigenvalue weighted by Crippen LogP contribution is 2.23. The molecular weight excluding hydrogens is 230 g/mol. The number of nitrogens with two attached hydrogens (primary N) is 1. The Morgan fingerprint density at radius 2 is 2.22 bits per heavy atom. The van der Waals surface area contributed by atoms with Crippen LogP contribution in [-0.2, 0) is 0 Å². The van der Waals surface area contributed by atoms with E-state index < -0.39 is 0 Å². The molecule has 1 aromatic heterocycles. The van der Waals surface area contributed by atoms with Crippen LogP contribution in [0.4, 0.5) is 0 Å². The van der Waals surface area contributed by atoms with Gasteiger partial charge >= 0.3 is 0 Å². The molecule has 1 aliphatic rings. The number of carbonyl (C=O) groups excluding carboxylic acids is 1. The topological polar surface area (TPSA) is 88.0 Å². The van der Waals surface area contributed by atoms with Crippen LogP contribution in [0.5, 0.6) is 0 Å². The third-order valence-electron chi connectivity index (χ3n) is 3.60. The van der Waals surface area contributed by atoms with Crippen LogP contribution in [-0.4, -0.2) is 23.5 Å². The monoisotopic (exact) mass is 249 g/mol. The van der Waals surface area contributed by atoms with Gasteiger partial charge in [-0.05, 0) is 25.3 Å². The van der Waals surface area contributed by atoms with Crippen LogP contribution < -0.4 is 16.5 Å². The average molecular weight is 249 g/mol. The zero-order valence-electron chi connectivity index (χ0n) is 10.3. The Kier molecular flexibility index (Phi) is 4.15. The van der Waals surface area contributed by atoms with Gasteiger partial charge in [0.05, 0.1) is 0 Å². The van der Waals surface area contributed by atoms with Crippen LogP contribution in [0.1, 0.15) is 36.0 Å². The van der Waals surface area contributed by atoms with Gasteiger partial charge in [-0.15, -0.1) is 0 Å². The Labute approximate surface area is 106 Å². The Morgan fingerprint density at radius 1 is 1.44 bits per heavy atom. The Hall–Kier alpha value is -1.62. The van der Waals surface area contributed by atoms with E-state index >= 15 is 0 Å². The molecule has 0 bridgehead atoms. The average Bonchev–Trinajstić information content (AvgIpc) is 2.39. The van der Waals surface area contributed by atoms with Gasteiger partial charge < -0.3 is 16.0 Å². The summed E-state index contributed by atoms with van der Waals surface area (Å²) in [5, 5.41) is 2.94. The summed E-state index contributed by atoms with van der Waals surface area (Å²) in [5.74, 6) is 0.0210. The van der Waals surface area contributed by atoms with Gasteiger partial charge in [0.2, 0.25) is 0 Å². The second kappa shape index (κ2) is 5.82. The summed E-state index contributed by atoms with van der Waals surface area (Å²) in [6.07, 6.45) is 7.22. The van der Waals surface area contributed by atoms with Crippen molar-refractivity contribution in [1.29, 1.82) is 0 Å². The maximum absolute atomic E-state index is 12.0. The van der Waals surface area contributed by atoms with Gasteiger partial charge in [0.15, 0.2) is 5.43 Å². The van der Waals surface area contributed by atoms with E-state index in [1.54, 1.807) is 0 Å². The van der Waals surface area contributed by atoms with Crippen LogP contribution in [0.2, 0.25) is 0 Å². The summed E-state index contributed by atoms with van der Waals surface area (Å²) >= 11 is 0. The van der Waals surface area contributed by atoms with E-state index in [1.165, 1.54) is 24.9 Å². The van der Waals surface area contributed by atoms with Crippen LogP contribution >= 0.6 is 0 Å². The Morgan fingerprint density at radius 3 is 2.94 bits per heavy atom. The highest BCUT2D eigenvalue weighted by Gasteiger charge is 2.26. The number of nitrogens with one attached hydrogen (secondary N) is 2. The lowest BCUT2D eigenvalue weighted by Gasteiger charge is -2.31. The summed E-state index contributed by atoms with van der Waals surface area (Å²) in [6, 6.07) is 1.45. The van der Waals surface area contributed by atoms with E-state index in [-0.39, 0.29) is 22.9 Å². The largest absolute Gasteiger partial charge is 0.367 e. The number of amides is 1. The van der Waals surface area contributed by atoms with Crippen molar-refractivity contribution in [2.24, 2.45) is 11.7 Å². The number of hydrogen-bond acceptors (Lipinski definition) is 3. The zero-order chi connectivity index (χ0) is 13.0.